The number of rotatable bonds is 3. The van der Waals surface area contributed by atoms with Crippen LogP contribution in [0.1, 0.15) is 52.0 Å². The Balaban J connectivity index is 1.52. The van der Waals surface area contributed by atoms with E-state index in [4.69, 9.17) is 4.74 Å². The number of alkyl halides is 3. The fourth-order valence-corrected chi connectivity index (χ4v) is 3.51. The average molecular weight is 384 g/mol. The van der Waals surface area contributed by atoms with Gasteiger partial charge in [0.25, 0.3) is 0 Å². The van der Waals surface area contributed by atoms with Gasteiger partial charge in [-0.3, -0.25) is 0 Å². The number of ether oxygens (including phenoxy) is 1. The molecule has 0 unspecified atom stereocenters. The lowest BCUT2D eigenvalue weighted by molar-refractivity contribution is -0.160. The third kappa shape index (κ3) is 4.50. The number of hydrogen-bond acceptors (Lipinski definition) is 3. The summed E-state index contributed by atoms with van der Waals surface area (Å²) in [5, 5.41) is 3.37. The predicted octanol–water partition coefficient (Wildman–Crippen LogP) is 5.09. The van der Waals surface area contributed by atoms with Crippen LogP contribution in [0, 0.1) is 0 Å². The number of piperidine rings is 1. The van der Waals surface area contributed by atoms with Crippen LogP contribution in [0.25, 0.3) is 0 Å². The molecule has 1 heterocycles. The molecule has 0 atom stereocenters. The Bertz CT molecular complexity index is 668. The molecule has 27 heavy (non-hydrogen) atoms. The van der Waals surface area contributed by atoms with E-state index in [0.29, 0.717) is 18.7 Å². The Morgan fingerprint density at radius 2 is 1.67 bits per heavy atom. The molecule has 4 nitrogen and oxygen atoms in total. The maximum absolute atomic E-state index is 13.2. The molecule has 1 aromatic carbocycles. The number of amides is 1. The molecule has 1 amide bonds. The number of carbonyl (C=O) groups is 1. The average Bonchev–Trinajstić information content (AvgIpc) is 3.36. The van der Waals surface area contributed by atoms with Crippen molar-refractivity contribution in [3.63, 3.8) is 0 Å². The zero-order chi connectivity index (χ0) is 19.9. The Morgan fingerprint density at radius 1 is 1.11 bits per heavy atom. The second-order valence-electron chi connectivity index (χ2n) is 8.54. The van der Waals surface area contributed by atoms with E-state index in [-0.39, 0.29) is 25.0 Å². The number of nitrogens with zero attached hydrogens (tertiary/aromatic N) is 1. The number of hydrogen-bond donors (Lipinski definition) is 1. The van der Waals surface area contributed by atoms with Crippen molar-refractivity contribution in [3.8, 4) is 0 Å². The lowest BCUT2D eigenvalue weighted by Gasteiger charge is -2.34. The summed E-state index contributed by atoms with van der Waals surface area (Å²) in [5.41, 5.74) is -0.985. The van der Waals surface area contributed by atoms with E-state index < -0.39 is 17.2 Å². The quantitative estimate of drug-likeness (QED) is 0.789. The monoisotopic (exact) mass is 384 g/mol. The van der Waals surface area contributed by atoms with Crippen LogP contribution in [0.15, 0.2) is 24.3 Å². The van der Waals surface area contributed by atoms with E-state index in [1.807, 2.05) is 20.8 Å². The SMILES string of the molecule is CC(C)(C)OC(=O)N1CCC(Nc2ccc(C3(C(F)(F)F)CC3)cc2)CC1. The van der Waals surface area contributed by atoms with Crippen LogP contribution in [-0.4, -0.2) is 41.9 Å². The molecule has 1 saturated carbocycles. The highest BCUT2D eigenvalue weighted by Crippen LogP contribution is 2.58. The first-order valence-corrected chi connectivity index (χ1v) is 9.42. The minimum atomic E-state index is -4.18. The summed E-state index contributed by atoms with van der Waals surface area (Å²) in [7, 11) is 0. The number of likely N-dealkylation sites (tertiary alicyclic amines) is 1. The number of anilines is 1. The van der Waals surface area contributed by atoms with Crippen LogP contribution < -0.4 is 5.32 Å². The van der Waals surface area contributed by atoms with Gasteiger partial charge < -0.3 is 15.0 Å². The zero-order valence-corrected chi connectivity index (χ0v) is 16.0. The second-order valence-corrected chi connectivity index (χ2v) is 8.54. The van der Waals surface area contributed by atoms with Crippen LogP contribution in [0.5, 0.6) is 0 Å². The van der Waals surface area contributed by atoms with E-state index in [2.05, 4.69) is 5.32 Å². The molecule has 2 fully saturated rings. The molecular weight excluding hydrogens is 357 g/mol. The van der Waals surface area contributed by atoms with Crippen molar-refractivity contribution in [2.75, 3.05) is 18.4 Å². The number of carbonyl (C=O) groups excluding carboxylic acids is 1. The van der Waals surface area contributed by atoms with Gasteiger partial charge in [0.15, 0.2) is 0 Å². The van der Waals surface area contributed by atoms with E-state index in [1.54, 1.807) is 29.2 Å². The predicted molar refractivity (Wildman–Crippen MR) is 97.9 cm³/mol. The fraction of sp³-hybridized carbons (Fsp3) is 0.650. The fourth-order valence-electron chi connectivity index (χ4n) is 3.51. The summed E-state index contributed by atoms with van der Waals surface area (Å²) >= 11 is 0. The normalized spacial score (nSPS) is 20.3. The highest BCUT2D eigenvalue weighted by atomic mass is 19.4. The van der Waals surface area contributed by atoms with Crippen molar-refractivity contribution in [2.45, 2.75) is 69.7 Å². The summed E-state index contributed by atoms with van der Waals surface area (Å²) in [6.45, 7) is 6.72. The Hall–Kier alpha value is -1.92. The molecule has 1 aromatic rings. The van der Waals surface area contributed by atoms with Crippen molar-refractivity contribution in [1.82, 2.24) is 4.90 Å². The first-order chi connectivity index (χ1) is 12.5. The lowest BCUT2D eigenvalue weighted by Crippen LogP contribution is -2.44. The maximum Gasteiger partial charge on any atom is 0.410 e. The molecule has 0 radical (unpaired) electrons. The van der Waals surface area contributed by atoms with Crippen molar-refractivity contribution >= 4 is 11.8 Å². The van der Waals surface area contributed by atoms with Gasteiger partial charge in [-0.05, 0) is 64.2 Å². The number of benzene rings is 1. The molecule has 3 rings (SSSR count). The molecule has 1 N–H and O–H groups in total. The minimum absolute atomic E-state index is 0.173. The van der Waals surface area contributed by atoms with Crippen LogP contribution >= 0.6 is 0 Å². The molecule has 0 bridgehead atoms. The third-order valence-electron chi connectivity index (χ3n) is 5.25. The van der Waals surface area contributed by atoms with Crippen molar-refractivity contribution in [3.05, 3.63) is 29.8 Å². The van der Waals surface area contributed by atoms with Gasteiger partial charge in [-0.1, -0.05) is 12.1 Å². The topological polar surface area (TPSA) is 41.6 Å². The zero-order valence-electron chi connectivity index (χ0n) is 16.0. The smallest absolute Gasteiger partial charge is 0.410 e. The summed E-state index contributed by atoms with van der Waals surface area (Å²) in [5.74, 6) is 0. The van der Waals surface area contributed by atoms with Gasteiger partial charge in [0.1, 0.15) is 5.60 Å². The molecule has 2 aliphatic rings. The molecular formula is C20H27F3N2O2. The van der Waals surface area contributed by atoms with Crippen molar-refractivity contribution < 1.29 is 22.7 Å². The van der Waals surface area contributed by atoms with Gasteiger partial charge in [-0.25, -0.2) is 4.79 Å². The van der Waals surface area contributed by atoms with Gasteiger partial charge in [0.05, 0.1) is 5.41 Å². The molecule has 7 heteroatoms. The standard InChI is InChI=1S/C20H27F3N2O2/c1-18(2,3)27-17(26)25-12-8-16(9-13-25)24-15-6-4-14(5-7-15)19(10-11-19)20(21,22)23/h4-7,16,24H,8-13H2,1-3H3. The van der Waals surface area contributed by atoms with Crippen molar-refractivity contribution in [2.24, 2.45) is 0 Å². The second kappa shape index (κ2) is 6.91. The van der Waals surface area contributed by atoms with E-state index in [1.165, 1.54) is 0 Å². The van der Waals surface area contributed by atoms with Gasteiger partial charge in [-0.2, -0.15) is 13.2 Å². The Labute approximate surface area is 158 Å². The number of nitrogens with one attached hydrogen (secondary N) is 1. The summed E-state index contributed by atoms with van der Waals surface area (Å²) in [4.78, 5) is 13.8. The Morgan fingerprint density at radius 3 is 2.11 bits per heavy atom. The first kappa shape index (κ1) is 19.8. The van der Waals surface area contributed by atoms with Crippen LogP contribution in [0.2, 0.25) is 0 Å². The van der Waals surface area contributed by atoms with Gasteiger partial charge >= 0.3 is 12.3 Å². The molecule has 150 valence electrons. The minimum Gasteiger partial charge on any atom is -0.444 e. The molecule has 1 aliphatic heterocycles. The highest BCUT2D eigenvalue weighted by Gasteiger charge is 2.64. The largest absolute Gasteiger partial charge is 0.444 e. The highest BCUT2D eigenvalue weighted by molar-refractivity contribution is 5.68. The molecule has 0 aromatic heterocycles. The van der Waals surface area contributed by atoms with Gasteiger partial charge in [0.2, 0.25) is 0 Å². The lowest BCUT2D eigenvalue weighted by atomic mass is 9.95. The first-order valence-electron chi connectivity index (χ1n) is 9.42. The van der Waals surface area contributed by atoms with Crippen LogP contribution in [0.3, 0.4) is 0 Å². The van der Waals surface area contributed by atoms with Crippen LogP contribution in [-0.2, 0) is 10.2 Å². The number of halogens is 3. The Kier molecular flexibility index (Phi) is 5.08. The van der Waals surface area contributed by atoms with Crippen LogP contribution in [0.4, 0.5) is 23.7 Å². The third-order valence-corrected chi connectivity index (χ3v) is 5.25. The summed E-state index contributed by atoms with van der Waals surface area (Å²) in [6.07, 6.45) is -2.59. The van der Waals surface area contributed by atoms with E-state index >= 15 is 0 Å². The molecule has 1 aliphatic carbocycles. The van der Waals surface area contributed by atoms with Gasteiger partial charge in [0, 0.05) is 24.8 Å². The summed E-state index contributed by atoms with van der Waals surface area (Å²) in [6, 6.07) is 6.80. The maximum atomic E-state index is 13.2. The van der Waals surface area contributed by atoms with Gasteiger partial charge in [-0.15, -0.1) is 0 Å². The molecule has 1 saturated heterocycles. The summed E-state index contributed by atoms with van der Waals surface area (Å²) < 4.78 is 45.0. The van der Waals surface area contributed by atoms with Crippen molar-refractivity contribution in [1.29, 1.82) is 0 Å². The van der Waals surface area contributed by atoms with E-state index in [0.717, 1.165) is 18.5 Å². The van der Waals surface area contributed by atoms with E-state index in [9.17, 15) is 18.0 Å². The molecule has 0 spiro atoms.